The number of anilines is 3. The number of aryl methyl sites for hydroxylation is 1. The molecule has 0 unspecified atom stereocenters. The highest BCUT2D eigenvalue weighted by Gasteiger charge is 2.14. The lowest BCUT2D eigenvalue weighted by atomic mass is 10.1. The number of nitrogen functional groups attached to an aromatic ring is 1. The lowest BCUT2D eigenvalue weighted by Gasteiger charge is -2.27. The van der Waals surface area contributed by atoms with Gasteiger partial charge in [-0.1, -0.05) is 24.3 Å². The molecule has 3 nitrogen and oxygen atoms in total. The topological polar surface area (TPSA) is 38.5 Å². The first-order valence-corrected chi connectivity index (χ1v) is 6.44. The van der Waals surface area contributed by atoms with E-state index < -0.39 is 0 Å². The minimum atomic E-state index is 0.676. The van der Waals surface area contributed by atoms with E-state index in [9.17, 15) is 0 Å². The van der Waals surface area contributed by atoms with Crippen molar-refractivity contribution >= 4 is 17.1 Å². The first kappa shape index (κ1) is 13.3. The third-order valence-corrected chi connectivity index (χ3v) is 3.28. The lowest BCUT2D eigenvalue weighted by molar-refractivity contribution is 0.417. The van der Waals surface area contributed by atoms with Gasteiger partial charge in [0.1, 0.15) is 5.75 Å². The van der Waals surface area contributed by atoms with Gasteiger partial charge in [-0.15, -0.1) is 0 Å². The molecular formula is C16H20N2O. The Hall–Kier alpha value is -2.16. The van der Waals surface area contributed by atoms with E-state index in [1.807, 2.05) is 30.3 Å². The normalized spacial score (nSPS) is 10.3. The Bertz CT molecular complexity index is 566. The Morgan fingerprint density at radius 3 is 2.37 bits per heavy atom. The summed E-state index contributed by atoms with van der Waals surface area (Å²) in [6.45, 7) is 5.07. The molecule has 0 fully saturated rings. The summed E-state index contributed by atoms with van der Waals surface area (Å²) in [5.74, 6) is 0.713. The second-order valence-electron chi connectivity index (χ2n) is 4.42. The number of hydrogen-bond donors (Lipinski definition) is 1. The van der Waals surface area contributed by atoms with E-state index in [0.717, 1.165) is 12.2 Å². The van der Waals surface area contributed by atoms with Crippen molar-refractivity contribution in [3.05, 3.63) is 48.0 Å². The van der Waals surface area contributed by atoms with E-state index in [1.54, 1.807) is 7.11 Å². The molecule has 100 valence electrons. The smallest absolute Gasteiger partial charge is 0.143 e. The van der Waals surface area contributed by atoms with Crippen LogP contribution in [0.4, 0.5) is 17.1 Å². The molecule has 0 atom stereocenters. The van der Waals surface area contributed by atoms with Crippen LogP contribution in [0.3, 0.4) is 0 Å². The first-order valence-electron chi connectivity index (χ1n) is 6.44. The molecule has 0 aliphatic rings. The molecule has 0 aliphatic heterocycles. The van der Waals surface area contributed by atoms with Gasteiger partial charge in [-0.25, -0.2) is 0 Å². The molecule has 0 aliphatic carbocycles. The van der Waals surface area contributed by atoms with Crippen molar-refractivity contribution in [2.75, 3.05) is 24.3 Å². The Morgan fingerprint density at radius 2 is 1.74 bits per heavy atom. The van der Waals surface area contributed by atoms with Crippen LogP contribution in [-0.4, -0.2) is 13.7 Å². The van der Waals surface area contributed by atoms with Gasteiger partial charge in [0.25, 0.3) is 0 Å². The van der Waals surface area contributed by atoms with Crippen LogP contribution in [0.5, 0.6) is 5.75 Å². The average Bonchev–Trinajstić information content (AvgIpc) is 2.43. The number of nitrogens with two attached hydrogens (primary N) is 1. The maximum absolute atomic E-state index is 6.19. The predicted octanol–water partition coefficient (Wildman–Crippen LogP) is 3.74. The fourth-order valence-corrected chi connectivity index (χ4v) is 2.28. The minimum absolute atomic E-state index is 0.676. The number of para-hydroxylation sites is 2. The number of benzene rings is 2. The van der Waals surface area contributed by atoms with Crippen molar-refractivity contribution in [1.29, 1.82) is 0 Å². The Morgan fingerprint density at radius 1 is 1.05 bits per heavy atom. The molecule has 2 aromatic carbocycles. The highest BCUT2D eigenvalue weighted by molar-refractivity contribution is 5.80. The largest absolute Gasteiger partial charge is 0.495 e. The average molecular weight is 256 g/mol. The molecule has 0 radical (unpaired) electrons. The van der Waals surface area contributed by atoms with Crippen LogP contribution in [0, 0.1) is 6.92 Å². The first-order chi connectivity index (χ1) is 9.19. The van der Waals surface area contributed by atoms with E-state index in [-0.39, 0.29) is 0 Å². The van der Waals surface area contributed by atoms with E-state index in [0.29, 0.717) is 11.4 Å². The van der Waals surface area contributed by atoms with Gasteiger partial charge in [-0.05, 0) is 37.6 Å². The summed E-state index contributed by atoms with van der Waals surface area (Å²) in [4.78, 5) is 2.20. The van der Waals surface area contributed by atoms with E-state index >= 15 is 0 Å². The van der Waals surface area contributed by atoms with Gasteiger partial charge in [0.2, 0.25) is 0 Å². The monoisotopic (exact) mass is 256 g/mol. The van der Waals surface area contributed by atoms with Gasteiger partial charge in [0.15, 0.2) is 0 Å². The van der Waals surface area contributed by atoms with Crippen molar-refractivity contribution in [2.24, 2.45) is 0 Å². The standard InChI is InChI=1S/C16H20N2O/c1-4-18(13-9-6-5-8-12(13)2)14-10-7-11-15(19-3)16(14)17/h5-11H,4,17H2,1-3H3. The van der Waals surface area contributed by atoms with Gasteiger partial charge in [0, 0.05) is 12.2 Å². The molecule has 0 saturated heterocycles. The predicted molar refractivity (Wildman–Crippen MR) is 81.3 cm³/mol. The molecule has 0 saturated carbocycles. The summed E-state index contributed by atoms with van der Waals surface area (Å²) >= 11 is 0. The highest BCUT2D eigenvalue weighted by Crippen LogP contribution is 2.36. The fraction of sp³-hybridized carbons (Fsp3) is 0.250. The number of rotatable bonds is 4. The zero-order valence-corrected chi connectivity index (χ0v) is 11.7. The molecule has 2 aromatic rings. The Labute approximate surface area is 114 Å². The van der Waals surface area contributed by atoms with Crippen LogP contribution < -0.4 is 15.4 Å². The van der Waals surface area contributed by atoms with Crippen LogP contribution in [0.25, 0.3) is 0 Å². The van der Waals surface area contributed by atoms with Crippen molar-refractivity contribution < 1.29 is 4.74 Å². The SMILES string of the molecule is CCN(c1ccccc1C)c1cccc(OC)c1N. The molecule has 3 heteroatoms. The molecular weight excluding hydrogens is 236 g/mol. The van der Waals surface area contributed by atoms with E-state index in [2.05, 4.69) is 30.9 Å². The van der Waals surface area contributed by atoms with Crippen LogP contribution in [-0.2, 0) is 0 Å². The molecule has 0 heterocycles. The van der Waals surface area contributed by atoms with Crippen LogP contribution in [0.1, 0.15) is 12.5 Å². The van der Waals surface area contributed by atoms with Gasteiger partial charge in [-0.3, -0.25) is 0 Å². The molecule has 0 aromatic heterocycles. The van der Waals surface area contributed by atoms with Crippen molar-refractivity contribution in [3.8, 4) is 5.75 Å². The van der Waals surface area contributed by atoms with Gasteiger partial charge < -0.3 is 15.4 Å². The van der Waals surface area contributed by atoms with Gasteiger partial charge in [0.05, 0.1) is 18.5 Å². The number of hydrogen-bond acceptors (Lipinski definition) is 3. The Balaban J connectivity index is 2.52. The molecule has 0 amide bonds. The zero-order chi connectivity index (χ0) is 13.8. The second-order valence-corrected chi connectivity index (χ2v) is 4.42. The summed E-state index contributed by atoms with van der Waals surface area (Å²) in [5.41, 5.74) is 10.2. The summed E-state index contributed by atoms with van der Waals surface area (Å²) < 4.78 is 5.29. The van der Waals surface area contributed by atoms with Crippen molar-refractivity contribution in [1.82, 2.24) is 0 Å². The Kier molecular flexibility index (Phi) is 3.95. The zero-order valence-electron chi connectivity index (χ0n) is 11.7. The molecule has 2 N–H and O–H groups in total. The quantitative estimate of drug-likeness (QED) is 0.847. The van der Waals surface area contributed by atoms with Gasteiger partial charge in [-0.2, -0.15) is 0 Å². The lowest BCUT2D eigenvalue weighted by Crippen LogP contribution is -2.18. The molecule has 0 bridgehead atoms. The van der Waals surface area contributed by atoms with Crippen molar-refractivity contribution in [2.45, 2.75) is 13.8 Å². The fourth-order valence-electron chi connectivity index (χ4n) is 2.28. The summed E-state index contributed by atoms with van der Waals surface area (Å²) in [5, 5.41) is 0. The molecule has 0 spiro atoms. The number of ether oxygens (including phenoxy) is 1. The summed E-state index contributed by atoms with van der Waals surface area (Å²) in [6, 6.07) is 14.2. The van der Waals surface area contributed by atoms with E-state index in [4.69, 9.17) is 10.5 Å². The molecule has 2 rings (SSSR count). The third kappa shape index (κ3) is 2.50. The summed E-state index contributed by atoms with van der Waals surface area (Å²) in [6.07, 6.45) is 0. The van der Waals surface area contributed by atoms with Crippen LogP contribution in [0.2, 0.25) is 0 Å². The van der Waals surface area contributed by atoms with Crippen molar-refractivity contribution in [3.63, 3.8) is 0 Å². The highest BCUT2D eigenvalue weighted by atomic mass is 16.5. The van der Waals surface area contributed by atoms with E-state index in [1.165, 1.54) is 11.3 Å². The minimum Gasteiger partial charge on any atom is -0.495 e. The summed E-state index contributed by atoms with van der Waals surface area (Å²) in [7, 11) is 1.64. The number of nitrogens with zero attached hydrogens (tertiary/aromatic N) is 1. The maximum atomic E-state index is 6.19. The second kappa shape index (κ2) is 5.65. The molecule has 19 heavy (non-hydrogen) atoms. The van der Waals surface area contributed by atoms with Crippen LogP contribution >= 0.6 is 0 Å². The maximum Gasteiger partial charge on any atom is 0.143 e. The third-order valence-electron chi connectivity index (χ3n) is 3.28. The van der Waals surface area contributed by atoms with Crippen LogP contribution in [0.15, 0.2) is 42.5 Å². The van der Waals surface area contributed by atoms with Gasteiger partial charge >= 0.3 is 0 Å². The number of methoxy groups -OCH3 is 1.